The molecule has 0 spiro atoms. The monoisotopic (exact) mass is 474 g/mol. The topological polar surface area (TPSA) is 88.4 Å². The van der Waals surface area contributed by atoms with E-state index < -0.39 is 0 Å². The zero-order chi connectivity index (χ0) is 24.1. The fourth-order valence-electron chi connectivity index (χ4n) is 3.33. The van der Waals surface area contributed by atoms with Crippen molar-refractivity contribution in [1.29, 1.82) is 0 Å². The molecule has 0 aromatic heterocycles. The number of nitrogens with zero attached hydrogens (tertiary/aromatic N) is 2. The van der Waals surface area contributed by atoms with Gasteiger partial charge in [-0.15, -0.1) is 0 Å². The predicted octanol–water partition coefficient (Wildman–Crippen LogP) is 4.77. The van der Waals surface area contributed by atoms with Crippen molar-refractivity contribution in [2.24, 2.45) is 4.99 Å². The van der Waals surface area contributed by atoms with E-state index in [9.17, 15) is 14.7 Å². The first-order chi connectivity index (χ1) is 16.5. The molecular formula is C26H22N2O5S. The highest BCUT2D eigenvalue weighted by Gasteiger charge is 2.32. The summed E-state index contributed by atoms with van der Waals surface area (Å²) in [6, 6.07) is 20.8. The molecule has 0 atom stereocenters. The van der Waals surface area contributed by atoms with E-state index in [2.05, 4.69) is 4.99 Å². The number of hydrogen-bond acceptors (Lipinski definition) is 7. The molecule has 172 valence electrons. The largest absolute Gasteiger partial charge is 0.504 e. The Kier molecular flexibility index (Phi) is 6.98. The second-order valence-electron chi connectivity index (χ2n) is 7.27. The van der Waals surface area contributed by atoms with Crippen molar-refractivity contribution in [1.82, 2.24) is 0 Å². The maximum atomic E-state index is 13.3. The number of hydrogen-bond donors (Lipinski definition) is 1. The second-order valence-corrected chi connectivity index (χ2v) is 8.21. The maximum absolute atomic E-state index is 13.3. The standard InChI is InChI=1S/C26H22N2O5S/c1-32-20-11-9-18(10-12-20)23(30)16-34-26-27-21(14-17-8-13-22(29)24(15-17)33-2)25(31)28(26)19-6-4-3-5-7-19/h3-15,29H,16H2,1-2H3. The zero-order valence-electron chi connectivity index (χ0n) is 18.6. The third-order valence-electron chi connectivity index (χ3n) is 5.10. The Balaban J connectivity index is 1.61. The average Bonchev–Trinajstić information content (AvgIpc) is 3.18. The number of Topliss-reactive ketones (excluding diaryl/α,β-unsaturated/α-hetero) is 1. The summed E-state index contributed by atoms with van der Waals surface area (Å²) in [6.07, 6.45) is 1.62. The Bertz CT molecular complexity index is 1270. The van der Waals surface area contributed by atoms with E-state index in [0.717, 1.165) is 0 Å². The Hall–Kier alpha value is -4.04. The third-order valence-corrected chi connectivity index (χ3v) is 6.03. The number of aromatic hydroxyl groups is 1. The summed E-state index contributed by atoms with van der Waals surface area (Å²) in [4.78, 5) is 32.0. The Labute approximate surface area is 201 Å². The summed E-state index contributed by atoms with van der Waals surface area (Å²) >= 11 is 1.20. The summed E-state index contributed by atoms with van der Waals surface area (Å²) < 4.78 is 10.3. The van der Waals surface area contributed by atoms with Crippen LogP contribution in [0.5, 0.6) is 17.2 Å². The molecule has 3 aromatic rings. The van der Waals surface area contributed by atoms with Crippen LogP contribution in [0.4, 0.5) is 5.69 Å². The Morgan fingerprint density at radius 1 is 1.03 bits per heavy atom. The maximum Gasteiger partial charge on any atom is 0.283 e. The number of phenols is 1. The number of amides is 1. The number of aliphatic imine (C=N–C) groups is 1. The first-order valence-corrected chi connectivity index (χ1v) is 11.4. The molecular weight excluding hydrogens is 452 g/mol. The van der Waals surface area contributed by atoms with Crippen molar-refractivity contribution in [3.05, 3.63) is 89.6 Å². The molecule has 3 aromatic carbocycles. The van der Waals surface area contributed by atoms with Crippen LogP contribution < -0.4 is 14.4 Å². The number of methoxy groups -OCH3 is 2. The van der Waals surface area contributed by atoms with Crippen LogP contribution in [0, 0.1) is 0 Å². The highest BCUT2D eigenvalue weighted by atomic mass is 32.2. The molecule has 1 heterocycles. The number of rotatable bonds is 7. The summed E-state index contributed by atoms with van der Waals surface area (Å²) in [5.74, 6) is 0.690. The number of amidine groups is 1. The van der Waals surface area contributed by atoms with Crippen LogP contribution in [0.1, 0.15) is 15.9 Å². The molecule has 7 nitrogen and oxygen atoms in total. The van der Waals surface area contributed by atoms with E-state index >= 15 is 0 Å². The van der Waals surface area contributed by atoms with Crippen molar-refractivity contribution in [2.45, 2.75) is 0 Å². The fourth-order valence-corrected chi connectivity index (χ4v) is 4.24. The van der Waals surface area contributed by atoms with E-state index in [1.807, 2.05) is 30.3 Å². The van der Waals surface area contributed by atoms with Gasteiger partial charge in [0.15, 0.2) is 22.4 Å². The van der Waals surface area contributed by atoms with Gasteiger partial charge in [0.2, 0.25) is 0 Å². The van der Waals surface area contributed by atoms with Gasteiger partial charge < -0.3 is 14.6 Å². The van der Waals surface area contributed by atoms with Gasteiger partial charge in [0, 0.05) is 5.56 Å². The van der Waals surface area contributed by atoms with Gasteiger partial charge in [0.25, 0.3) is 5.91 Å². The Morgan fingerprint density at radius 3 is 2.44 bits per heavy atom. The lowest BCUT2D eigenvalue weighted by molar-refractivity contribution is -0.113. The number of anilines is 1. The minimum Gasteiger partial charge on any atom is -0.504 e. The van der Waals surface area contributed by atoms with Gasteiger partial charge in [-0.25, -0.2) is 4.99 Å². The normalized spacial score (nSPS) is 14.3. The molecule has 8 heteroatoms. The molecule has 0 bridgehead atoms. The van der Waals surface area contributed by atoms with Crippen LogP contribution in [0.2, 0.25) is 0 Å². The predicted molar refractivity (Wildman–Crippen MR) is 134 cm³/mol. The minimum absolute atomic E-state index is 0.00472. The first-order valence-electron chi connectivity index (χ1n) is 10.4. The summed E-state index contributed by atoms with van der Waals surface area (Å²) in [7, 11) is 3.02. The highest BCUT2D eigenvalue weighted by molar-refractivity contribution is 8.14. The second kappa shape index (κ2) is 10.3. The zero-order valence-corrected chi connectivity index (χ0v) is 19.4. The van der Waals surface area contributed by atoms with Gasteiger partial charge in [0.1, 0.15) is 11.4 Å². The van der Waals surface area contributed by atoms with Crippen LogP contribution in [0.3, 0.4) is 0 Å². The van der Waals surface area contributed by atoms with Crippen molar-refractivity contribution >= 4 is 40.4 Å². The quantitative estimate of drug-likeness (QED) is 0.392. The molecule has 0 saturated carbocycles. The average molecular weight is 475 g/mol. The molecule has 1 aliphatic rings. The summed E-state index contributed by atoms with van der Waals surface area (Å²) in [5.41, 5.74) is 2.07. The van der Waals surface area contributed by atoms with Gasteiger partial charge >= 0.3 is 0 Å². The molecule has 1 N–H and O–H groups in total. The smallest absolute Gasteiger partial charge is 0.283 e. The number of phenolic OH excluding ortho intramolecular Hbond substituents is 1. The lowest BCUT2D eigenvalue weighted by Gasteiger charge is -2.17. The third kappa shape index (κ3) is 4.97. The molecule has 34 heavy (non-hydrogen) atoms. The molecule has 4 rings (SSSR count). The molecule has 1 amide bonds. The van der Waals surface area contributed by atoms with E-state index in [4.69, 9.17) is 9.47 Å². The van der Waals surface area contributed by atoms with Crippen molar-refractivity contribution in [3.8, 4) is 17.2 Å². The van der Waals surface area contributed by atoms with Crippen molar-refractivity contribution in [3.63, 3.8) is 0 Å². The molecule has 0 radical (unpaired) electrons. The molecule has 0 unspecified atom stereocenters. The minimum atomic E-state index is -0.308. The van der Waals surface area contributed by atoms with Gasteiger partial charge in [-0.2, -0.15) is 0 Å². The summed E-state index contributed by atoms with van der Waals surface area (Å²) in [5, 5.41) is 10.2. The van der Waals surface area contributed by atoms with Crippen molar-refractivity contribution < 1.29 is 24.2 Å². The Morgan fingerprint density at radius 2 is 1.76 bits per heavy atom. The number of ether oxygens (including phenoxy) is 2. The van der Waals surface area contributed by atoms with E-state index in [0.29, 0.717) is 33.5 Å². The summed E-state index contributed by atoms with van der Waals surface area (Å²) in [6.45, 7) is 0. The van der Waals surface area contributed by atoms with Gasteiger partial charge in [-0.3, -0.25) is 14.5 Å². The molecule has 0 fully saturated rings. The van der Waals surface area contributed by atoms with E-state index in [-0.39, 0.29) is 28.9 Å². The molecule has 0 aliphatic carbocycles. The number of ketones is 1. The van der Waals surface area contributed by atoms with Crippen molar-refractivity contribution in [2.75, 3.05) is 24.9 Å². The van der Waals surface area contributed by atoms with Crippen LogP contribution in [0.15, 0.2) is 83.5 Å². The number of carbonyl (C=O) groups is 2. The lowest BCUT2D eigenvalue weighted by atomic mass is 10.1. The first kappa shape index (κ1) is 23.1. The number of thioether (sulfide) groups is 1. The van der Waals surface area contributed by atoms with Crippen LogP contribution in [-0.2, 0) is 4.79 Å². The highest BCUT2D eigenvalue weighted by Crippen LogP contribution is 2.32. The fraction of sp³-hybridized carbons (Fsp3) is 0.115. The van der Waals surface area contributed by atoms with Gasteiger partial charge in [-0.05, 0) is 60.2 Å². The van der Waals surface area contributed by atoms with Gasteiger partial charge in [0.05, 0.1) is 25.7 Å². The lowest BCUT2D eigenvalue weighted by Crippen LogP contribution is -2.30. The van der Waals surface area contributed by atoms with Crippen LogP contribution >= 0.6 is 11.8 Å². The molecule has 1 aliphatic heterocycles. The number of para-hydroxylation sites is 1. The van der Waals surface area contributed by atoms with Crippen LogP contribution in [-0.4, -0.2) is 41.9 Å². The molecule has 0 saturated heterocycles. The van der Waals surface area contributed by atoms with E-state index in [1.165, 1.54) is 29.8 Å². The van der Waals surface area contributed by atoms with Crippen LogP contribution in [0.25, 0.3) is 6.08 Å². The SMILES string of the molecule is COc1ccc(C(=O)CSC2=NC(=Cc3ccc(O)c(OC)c3)C(=O)N2c2ccccc2)cc1. The van der Waals surface area contributed by atoms with Gasteiger partial charge in [-0.1, -0.05) is 36.0 Å². The number of carbonyl (C=O) groups excluding carboxylic acids is 2. The number of benzene rings is 3. The van der Waals surface area contributed by atoms with E-state index in [1.54, 1.807) is 49.6 Å².